The van der Waals surface area contributed by atoms with Crippen molar-refractivity contribution in [2.45, 2.75) is 31.6 Å². The molecule has 0 fully saturated rings. The summed E-state index contributed by atoms with van der Waals surface area (Å²) < 4.78 is 21.3. The number of rotatable bonds is 8. The number of hydrogen-bond donors (Lipinski definition) is 1. The molecule has 196 valence electrons. The normalized spacial score (nSPS) is 19.4. The summed E-state index contributed by atoms with van der Waals surface area (Å²) in [7, 11) is 4.69. The summed E-state index contributed by atoms with van der Waals surface area (Å²) in [4.78, 5) is 27.0. The van der Waals surface area contributed by atoms with Crippen LogP contribution in [0.25, 0.3) is 0 Å². The number of Topliss-reactive ketones (excluding diaryl/α,β-unsaturated/α-hetero) is 1. The molecule has 0 unspecified atom stereocenters. The average molecular weight is 546 g/mol. The maximum absolute atomic E-state index is 13.8. The van der Waals surface area contributed by atoms with Gasteiger partial charge in [-0.2, -0.15) is 0 Å². The van der Waals surface area contributed by atoms with Gasteiger partial charge in [-0.1, -0.05) is 41.4 Å². The van der Waals surface area contributed by atoms with Gasteiger partial charge in [-0.3, -0.25) is 4.79 Å². The number of nitrogens with one attached hydrogen (secondary N) is 1. The lowest BCUT2D eigenvalue weighted by atomic mass is 9.71. The van der Waals surface area contributed by atoms with E-state index >= 15 is 0 Å². The fourth-order valence-corrected chi connectivity index (χ4v) is 5.42. The van der Waals surface area contributed by atoms with Crippen LogP contribution in [0.2, 0.25) is 10.0 Å². The molecule has 0 amide bonds. The van der Waals surface area contributed by atoms with E-state index in [1.165, 1.54) is 7.11 Å². The number of benzene rings is 2. The van der Waals surface area contributed by atoms with Gasteiger partial charge in [-0.25, -0.2) is 4.79 Å². The predicted molar refractivity (Wildman–Crippen MR) is 141 cm³/mol. The van der Waals surface area contributed by atoms with E-state index in [0.29, 0.717) is 50.4 Å². The number of carbonyl (C=O) groups is 2. The first-order valence-electron chi connectivity index (χ1n) is 11.9. The third kappa shape index (κ3) is 5.35. The van der Waals surface area contributed by atoms with Crippen molar-refractivity contribution in [3.63, 3.8) is 0 Å². The van der Waals surface area contributed by atoms with Crippen LogP contribution in [0.3, 0.4) is 0 Å². The Kier molecular flexibility index (Phi) is 8.47. The smallest absolute Gasteiger partial charge is 0.336 e. The van der Waals surface area contributed by atoms with Crippen LogP contribution in [0, 0.1) is 0 Å². The number of methoxy groups -OCH3 is 3. The van der Waals surface area contributed by atoms with E-state index in [1.54, 1.807) is 39.3 Å². The largest absolute Gasteiger partial charge is 0.493 e. The minimum Gasteiger partial charge on any atom is -0.493 e. The third-order valence-corrected chi connectivity index (χ3v) is 7.57. The number of ketones is 1. The third-order valence-electron chi connectivity index (χ3n) is 6.74. The minimum absolute atomic E-state index is 0.0794. The molecule has 9 heteroatoms. The van der Waals surface area contributed by atoms with E-state index in [1.807, 2.05) is 18.2 Å². The van der Waals surface area contributed by atoms with Gasteiger partial charge in [0.05, 0.1) is 36.4 Å². The molecule has 1 aliphatic carbocycles. The quantitative estimate of drug-likeness (QED) is 0.343. The molecule has 37 heavy (non-hydrogen) atoms. The van der Waals surface area contributed by atoms with Gasteiger partial charge in [0.2, 0.25) is 0 Å². The molecule has 1 heterocycles. The summed E-state index contributed by atoms with van der Waals surface area (Å²) in [5, 5.41) is 3.97. The van der Waals surface area contributed by atoms with Gasteiger partial charge in [0.15, 0.2) is 17.3 Å². The predicted octanol–water partition coefficient (Wildman–Crippen LogP) is 5.56. The Morgan fingerprint density at radius 3 is 2.49 bits per heavy atom. The highest BCUT2D eigenvalue weighted by Crippen LogP contribution is 2.48. The summed E-state index contributed by atoms with van der Waals surface area (Å²) in [6.07, 6.45) is 0.824. The molecule has 0 bridgehead atoms. The van der Waals surface area contributed by atoms with Crippen LogP contribution in [0.4, 0.5) is 0 Å². The van der Waals surface area contributed by atoms with Gasteiger partial charge >= 0.3 is 5.97 Å². The van der Waals surface area contributed by atoms with Crippen LogP contribution >= 0.6 is 23.2 Å². The number of allylic oxidation sites excluding steroid dienone is 3. The van der Waals surface area contributed by atoms with Gasteiger partial charge in [-0.05, 0) is 48.6 Å². The van der Waals surface area contributed by atoms with Gasteiger partial charge in [0.1, 0.15) is 6.61 Å². The molecule has 2 aromatic carbocycles. The highest BCUT2D eigenvalue weighted by Gasteiger charge is 2.42. The van der Waals surface area contributed by atoms with Crippen LogP contribution in [-0.2, 0) is 19.1 Å². The lowest BCUT2D eigenvalue weighted by molar-refractivity contribution is -0.140. The van der Waals surface area contributed by atoms with Crippen molar-refractivity contribution in [3.05, 3.63) is 80.1 Å². The van der Waals surface area contributed by atoms with Crippen LogP contribution < -0.4 is 14.8 Å². The Morgan fingerprint density at radius 1 is 1.03 bits per heavy atom. The molecule has 1 N–H and O–H groups in total. The van der Waals surface area contributed by atoms with Crippen molar-refractivity contribution >= 4 is 35.0 Å². The highest BCUT2D eigenvalue weighted by atomic mass is 35.5. The molecule has 0 saturated carbocycles. The number of hydrogen-bond acceptors (Lipinski definition) is 7. The molecule has 7 nitrogen and oxygen atoms in total. The second kappa shape index (κ2) is 11.6. The lowest BCUT2D eigenvalue weighted by Gasteiger charge is -2.37. The summed E-state index contributed by atoms with van der Waals surface area (Å²) in [6, 6.07) is 10.9. The van der Waals surface area contributed by atoms with Crippen molar-refractivity contribution in [2.75, 3.05) is 34.5 Å². The summed E-state index contributed by atoms with van der Waals surface area (Å²) in [5.74, 6) is -0.193. The Morgan fingerprint density at radius 2 is 1.78 bits per heavy atom. The molecule has 2 aromatic rings. The molecule has 0 radical (unpaired) electrons. The van der Waals surface area contributed by atoms with Gasteiger partial charge in [0, 0.05) is 36.4 Å². The zero-order chi connectivity index (χ0) is 26.7. The molecule has 2 aliphatic rings. The second-order valence-corrected chi connectivity index (χ2v) is 9.69. The van der Waals surface area contributed by atoms with Crippen LogP contribution in [0.1, 0.15) is 42.7 Å². The molecule has 2 atom stereocenters. The van der Waals surface area contributed by atoms with Crippen molar-refractivity contribution in [3.8, 4) is 11.5 Å². The molecule has 4 rings (SSSR count). The monoisotopic (exact) mass is 545 g/mol. The van der Waals surface area contributed by atoms with Crippen molar-refractivity contribution in [2.24, 2.45) is 0 Å². The Hall–Kier alpha value is -3.00. The molecule has 0 saturated heterocycles. The van der Waals surface area contributed by atoms with Crippen molar-refractivity contribution in [1.82, 2.24) is 5.32 Å². The maximum Gasteiger partial charge on any atom is 0.336 e. The average Bonchev–Trinajstić information content (AvgIpc) is 2.89. The molecular formula is C28H29Cl2NO6. The number of halogens is 2. The van der Waals surface area contributed by atoms with Gasteiger partial charge in [0.25, 0.3) is 0 Å². The summed E-state index contributed by atoms with van der Waals surface area (Å²) in [5.41, 5.74) is 3.73. The van der Waals surface area contributed by atoms with E-state index in [9.17, 15) is 9.59 Å². The minimum atomic E-state index is -0.712. The van der Waals surface area contributed by atoms with E-state index in [0.717, 1.165) is 11.3 Å². The first kappa shape index (κ1) is 27.0. The van der Waals surface area contributed by atoms with E-state index in [2.05, 4.69) is 5.32 Å². The van der Waals surface area contributed by atoms with Crippen LogP contribution in [0.5, 0.6) is 11.5 Å². The van der Waals surface area contributed by atoms with Crippen molar-refractivity contribution < 1.29 is 28.5 Å². The topological polar surface area (TPSA) is 83.1 Å². The lowest BCUT2D eigenvalue weighted by Crippen LogP contribution is -2.36. The van der Waals surface area contributed by atoms with Crippen LogP contribution in [-0.4, -0.2) is 46.3 Å². The van der Waals surface area contributed by atoms with Crippen LogP contribution in [0.15, 0.2) is 58.9 Å². The van der Waals surface area contributed by atoms with Crippen molar-refractivity contribution in [1.29, 1.82) is 0 Å². The zero-order valence-corrected chi connectivity index (χ0v) is 22.7. The van der Waals surface area contributed by atoms with E-state index in [4.69, 9.17) is 42.1 Å². The Bertz CT molecular complexity index is 1290. The fraction of sp³-hybridized carbons (Fsp3) is 0.357. The Balaban J connectivity index is 1.77. The number of carbonyl (C=O) groups excluding carboxylic acids is 2. The first-order chi connectivity index (χ1) is 17.8. The molecule has 0 aromatic heterocycles. The zero-order valence-electron chi connectivity index (χ0n) is 21.2. The van der Waals surface area contributed by atoms with Gasteiger partial charge < -0.3 is 24.3 Å². The SMILES string of the molecule is COCCOC(=O)C1=C(C)NC2=C(C(=O)C[C@H](c3ccc(OC)c(OC)c3)C2)[C@H]1c1cccc(Cl)c1Cl. The number of ether oxygens (including phenoxy) is 4. The maximum atomic E-state index is 13.8. The molecule has 1 aliphatic heterocycles. The number of esters is 1. The number of dihydropyridines is 1. The second-order valence-electron chi connectivity index (χ2n) is 8.90. The standard InChI is InChI=1S/C28H29Cl2NO6/c1-15-24(28(33)37-11-10-34-2)25(18-6-5-7-19(29)27(18)30)26-20(31-15)12-17(13-21(26)32)16-8-9-22(35-3)23(14-16)36-4/h5-9,14,17,25,31H,10-13H2,1-4H3/t17-,25+/m1/s1. The molecular weight excluding hydrogens is 517 g/mol. The first-order valence-corrected chi connectivity index (χ1v) is 12.6. The molecule has 0 spiro atoms. The van der Waals surface area contributed by atoms with E-state index in [-0.39, 0.29) is 31.3 Å². The Labute approximate surface area is 226 Å². The highest BCUT2D eigenvalue weighted by molar-refractivity contribution is 6.42. The van der Waals surface area contributed by atoms with Gasteiger partial charge in [-0.15, -0.1) is 0 Å². The fourth-order valence-electron chi connectivity index (χ4n) is 5.00. The summed E-state index contributed by atoms with van der Waals surface area (Å²) in [6.45, 7) is 2.14. The summed E-state index contributed by atoms with van der Waals surface area (Å²) >= 11 is 13.0. The van der Waals surface area contributed by atoms with E-state index < -0.39 is 11.9 Å².